The van der Waals surface area contributed by atoms with Crippen LogP contribution in [-0.4, -0.2) is 35.8 Å². The number of halogens is 3. The zero-order chi connectivity index (χ0) is 8.77. The van der Waals surface area contributed by atoms with Crippen LogP contribution in [0.2, 0.25) is 0 Å². The van der Waals surface area contributed by atoms with Crippen LogP contribution in [-0.2, 0) is 4.74 Å². The van der Waals surface area contributed by atoms with Crippen LogP contribution < -0.4 is 0 Å². The van der Waals surface area contributed by atoms with Crippen molar-refractivity contribution in [1.29, 1.82) is 0 Å². The number of ether oxygens (including phenoxy) is 1. The zero-order valence-corrected chi connectivity index (χ0v) is 6.40. The summed E-state index contributed by atoms with van der Waals surface area (Å²) in [7, 11) is 0. The van der Waals surface area contributed by atoms with E-state index in [0.717, 1.165) is 18.6 Å². The first-order valence-electron chi connectivity index (χ1n) is 3.89. The van der Waals surface area contributed by atoms with Crippen molar-refractivity contribution in [3.8, 4) is 0 Å². The summed E-state index contributed by atoms with van der Waals surface area (Å²) >= 11 is 0. The number of hydrogen-bond acceptors (Lipinski definition) is 1. The molecule has 2 aliphatic heterocycles. The van der Waals surface area contributed by atoms with Crippen LogP contribution in [0.25, 0.3) is 0 Å². The molecule has 0 unspecified atom stereocenters. The van der Waals surface area contributed by atoms with Gasteiger partial charge in [0.25, 0.3) is 0 Å². The highest BCUT2D eigenvalue weighted by Gasteiger charge is 2.54. The fourth-order valence-electron chi connectivity index (χ4n) is 1.73. The summed E-state index contributed by atoms with van der Waals surface area (Å²) in [6.45, 7) is 0.643. The molecule has 0 aromatic heterocycles. The van der Waals surface area contributed by atoms with Gasteiger partial charge in [-0.2, -0.15) is 17.7 Å². The molecule has 0 fully saturated rings. The number of alkyl halides is 3. The molecule has 1 atom stereocenters. The van der Waals surface area contributed by atoms with E-state index in [0.29, 0.717) is 6.54 Å². The van der Waals surface area contributed by atoms with Crippen LogP contribution in [0.3, 0.4) is 0 Å². The molecular formula is C7H9F3NO+. The topological polar surface area (TPSA) is 12.2 Å². The Balaban J connectivity index is 2.21. The van der Waals surface area contributed by atoms with Crippen molar-refractivity contribution >= 4 is 5.71 Å². The maximum absolute atomic E-state index is 12.2. The summed E-state index contributed by atoms with van der Waals surface area (Å²) in [5, 5.41) is 0. The van der Waals surface area contributed by atoms with Gasteiger partial charge in [-0.1, -0.05) is 0 Å². The maximum Gasteiger partial charge on any atom is 0.480 e. The molecule has 2 heterocycles. The molecule has 0 saturated heterocycles. The van der Waals surface area contributed by atoms with Crippen molar-refractivity contribution in [2.45, 2.75) is 25.2 Å². The molecule has 5 heteroatoms. The van der Waals surface area contributed by atoms with Gasteiger partial charge >= 0.3 is 12.4 Å². The molecule has 0 aromatic carbocycles. The van der Waals surface area contributed by atoms with Gasteiger partial charge in [0, 0.05) is 12.8 Å². The van der Waals surface area contributed by atoms with E-state index < -0.39 is 12.4 Å². The molecule has 2 nitrogen and oxygen atoms in total. The van der Waals surface area contributed by atoms with E-state index in [1.165, 1.54) is 4.58 Å². The molecule has 0 radical (unpaired) electrons. The Kier molecular flexibility index (Phi) is 1.64. The molecule has 0 aromatic rings. The van der Waals surface area contributed by atoms with Gasteiger partial charge < -0.3 is 4.74 Å². The Morgan fingerprint density at radius 1 is 1.42 bits per heavy atom. The lowest BCUT2D eigenvalue weighted by Crippen LogP contribution is -2.38. The lowest BCUT2D eigenvalue weighted by molar-refractivity contribution is -0.626. The Bertz CT molecular complexity index is 233. The van der Waals surface area contributed by atoms with Crippen LogP contribution >= 0.6 is 0 Å². The third kappa shape index (κ3) is 1.12. The van der Waals surface area contributed by atoms with E-state index in [2.05, 4.69) is 4.74 Å². The number of nitrogens with zero attached hydrogens (tertiary/aromatic N) is 1. The molecule has 2 rings (SSSR count). The van der Waals surface area contributed by atoms with Gasteiger partial charge in [-0.15, -0.1) is 0 Å². The van der Waals surface area contributed by atoms with Gasteiger partial charge in [-0.25, -0.2) is 0 Å². The quantitative estimate of drug-likeness (QED) is 0.509. The summed E-state index contributed by atoms with van der Waals surface area (Å²) in [6, 6.07) is 0. The van der Waals surface area contributed by atoms with Crippen molar-refractivity contribution in [2.75, 3.05) is 13.2 Å². The SMILES string of the molecule is FC(F)(F)[C@H]1OCC2=[N+]1CCC2. The van der Waals surface area contributed by atoms with Crippen molar-refractivity contribution in [2.24, 2.45) is 0 Å². The van der Waals surface area contributed by atoms with Gasteiger partial charge in [-0.3, -0.25) is 0 Å². The summed E-state index contributed by atoms with van der Waals surface area (Å²) in [4.78, 5) is 0. The standard InChI is InChI=1S/C7H9F3NO/c8-7(9,10)6-11-3-1-2-5(11)4-12-6/h6H,1-4H2/q+1/t6-/m1/s1. The molecule has 0 spiro atoms. The average molecular weight is 180 g/mol. The van der Waals surface area contributed by atoms with Gasteiger partial charge in [0.05, 0.1) is 0 Å². The Labute approximate surface area is 67.6 Å². The molecule has 0 amide bonds. The smallest absolute Gasteiger partial charge is 0.303 e. The van der Waals surface area contributed by atoms with Crippen LogP contribution in [0.15, 0.2) is 0 Å². The highest BCUT2D eigenvalue weighted by atomic mass is 19.4. The fraction of sp³-hybridized carbons (Fsp3) is 0.857. The number of hydrogen-bond donors (Lipinski definition) is 0. The van der Waals surface area contributed by atoms with Gasteiger partial charge in [-0.05, 0) is 0 Å². The lowest BCUT2D eigenvalue weighted by Gasteiger charge is -2.11. The maximum atomic E-state index is 12.2. The predicted octanol–water partition coefficient (Wildman–Crippen LogP) is 1.15. The minimum absolute atomic E-state index is 0.157. The zero-order valence-electron chi connectivity index (χ0n) is 6.40. The minimum atomic E-state index is -4.24. The molecular weight excluding hydrogens is 171 g/mol. The molecule has 0 aliphatic carbocycles. The minimum Gasteiger partial charge on any atom is -0.303 e. The average Bonchev–Trinajstić information content (AvgIpc) is 2.37. The van der Waals surface area contributed by atoms with E-state index in [-0.39, 0.29) is 6.61 Å². The second kappa shape index (κ2) is 2.45. The van der Waals surface area contributed by atoms with E-state index in [1.807, 2.05) is 0 Å². The Hall–Kier alpha value is -0.580. The molecule has 0 bridgehead atoms. The van der Waals surface area contributed by atoms with Crippen molar-refractivity contribution in [3.05, 3.63) is 0 Å². The first kappa shape index (κ1) is 8.04. The van der Waals surface area contributed by atoms with Gasteiger partial charge in [0.15, 0.2) is 5.71 Å². The highest BCUT2D eigenvalue weighted by Crippen LogP contribution is 2.29. The molecule has 68 valence electrons. The fourth-order valence-corrected chi connectivity index (χ4v) is 1.73. The molecule has 0 N–H and O–H groups in total. The highest BCUT2D eigenvalue weighted by molar-refractivity contribution is 5.82. The molecule has 12 heavy (non-hydrogen) atoms. The Morgan fingerprint density at radius 2 is 2.17 bits per heavy atom. The van der Waals surface area contributed by atoms with E-state index in [1.54, 1.807) is 0 Å². The van der Waals surface area contributed by atoms with E-state index >= 15 is 0 Å². The monoisotopic (exact) mass is 180 g/mol. The lowest BCUT2D eigenvalue weighted by atomic mass is 10.3. The largest absolute Gasteiger partial charge is 0.480 e. The molecule has 0 saturated carbocycles. The van der Waals surface area contributed by atoms with Crippen molar-refractivity contribution in [1.82, 2.24) is 0 Å². The first-order valence-corrected chi connectivity index (χ1v) is 3.89. The third-order valence-corrected chi connectivity index (χ3v) is 2.24. The van der Waals surface area contributed by atoms with E-state index in [4.69, 9.17) is 0 Å². The summed E-state index contributed by atoms with van der Waals surface area (Å²) in [5.74, 6) is 0. The summed E-state index contributed by atoms with van der Waals surface area (Å²) in [6.07, 6.45) is -4.33. The third-order valence-electron chi connectivity index (χ3n) is 2.24. The summed E-state index contributed by atoms with van der Waals surface area (Å²) < 4.78 is 42.6. The van der Waals surface area contributed by atoms with Gasteiger partial charge in [0.1, 0.15) is 13.2 Å². The Morgan fingerprint density at radius 3 is 2.83 bits per heavy atom. The molecule has 2 aliphatic rings. The first-order chi connectivity index (χ1) is 5.59. The second-order valence-electron chi connectivity index (χ2n) is 3.07. The van der Waals surface area contributed by atoms with Crippen LogP contribution in [0.1, 0.15) is 12.8 Å². The van der Waals surface area contributed by atoms with Crippen LogP contribution in [0.5, 0.6) is 0 Å². The van der Waals surface area contributed by atoms with Crippen LogP contribution in [0.4, 0.5) is 13.2 Å². The predicted molar refractivity (Wildman–Crippen MR) is 35.2 cm³/mol. The van der Waals surface area contributed by atoms with Crippen molar-refractivity contribution in [3.63, 3.8) is 0 Å². The number of rotatable bonds is 0. The van der Waals surface area contributed by atoms with Crippen molar-refractivity contribution < 1.29 is 22.5 Å². The second-order valence-corrected chi connectivity index (χ2v) is 3.07. The normalized spacial score (nSPS) is 29.8. The van der Waals surface area contributed by atoms with Crippen LogP contribution in [0, 0.1) is 0 Å². The summed E-state index contributed by atoms with van der Waals surface area (Å²) in [5.41, 5.74) is 0.803. The van der Waals surface area contributed by atoms with Gasteiger partial charge in [0.2, 0.25) is 0 Å². The van der Waals surface area contributed by atoms with E-state index in [9.17, 15) is 13.2 Å².